The van der Waals surface area contributed by atoms with E-state index >= 15 is 0 Å². The second kappa shape index (κ2) is 8.06. The number of nitrogens with two attached hydrogens (primary N) is 2. The normalized spacial score (nSPS) is 31.4. The monoisotopic (exact) mass is 463 g/mol. The lowest BCUT2D eigenvalue weighted by Gasteiger charge is -2.50. The van der Waals surface area contributed by atoms with Crippen molar-refractivity contribution in [2.75, 3.05) is 19.6 Å². The van der Waals surface area contributed by atoms with Crippen LogP contribution >= 0.6 is 11.6 Å². The summed E-state index contributed by atoms with van der Waals surface area (Å²) in [6.07, 6.45) is 1.79. The highest BCUT2D eigenvalue weighted by Crippen LogP contribution is 2.52. The lowest BCUT2D eigenvalue weighted by molar-refractivity contribution is -0.893. The molecule has 2 fully saturated rings. The number of halogens is 1. The number of carbonyl (C=O) groups excluding carboxylic acids is 1. The number of carbonyl (C=O) groups is 3. The molecule has 2 heterocycles. The molecule has 2 aliphatic heterocycles. The second-order valence-corrected chi connectivity index (χ2v) is 9.35. The van der Waals surface area contributed by atoms with Gasteiger partial charge in [-0.2, -0.15) is 4.79 Å². The standard InChI is InChI=1S/C22H27ClN4O5/c23-17-16(13-6-2-1-3-7-13)26-10-11-27(21(31)32,18(24)14-8-4-5-9-14)12-15(26)22(17,19(25)28)20(29)30/h1-3,6-7,14-15,18H,4-5,8-12,24H2,(H3-,25,28,29,30,31,32)/p+1. The number of hydrogen-bond acceptors (Lipinski definition) is 5. The lowest BCUT2D eigenvalue weighted by atomic mass is 9.78. The molecule has 4 rings (SSSR count). The van der Waals surface area contributed by atoms with Crippen LogP contribution in [0.2, 0.25) is 0 Å². The molecule has 4 unspecified atom stereocenters. The van der Waals surface area contributed by atoms with Gasteiger partial charge in [-0.15, -0.1) is 0 Å². The number of rotatable bonds is 5. The van der Waals surface area contributed by atoms with Crippen molar-refractivity contribution < 1.29 is 29.1 Å². The molecule has 1 aromatic carbocycles. The maximum atomic E-state index is 12.7. The Hall–Kier alpha value is -2.62. The maximum Gasteiger partial charge on any atom is 0.514 e. The molecule has 6 N–H and O–H groups in total. The average Bonchev–Trinajstić information content (AvgIpc) is 3.37. The molecule has 4 atom stereocenters. The van der Waals surface area contributed by atoms with Gasteiger partial charge >= 0.3 is 12.1 Å². The van der Waals surface area contributed by atoms with Crippen molar-refractivity contribution in [1.82, 2.24) is 4.90 Å². The molecule has 0 aromatic heterocycles. The van der Waals surface area contributed by atoms with Crippen molar-refractivity contribution in [3.05, 3.63) is 40.9 Å². The molecule has 1 saturated heterocycles. The minimum absolute atomic E-state index is 0.0175. The summed E-state index contributed by atoms with van der Waals surface area (Å²) in [6, 6.07) is 7.84. The zero-order valence-corrected chi connectivity index (χ0v) is 18.4. The summed E-state index contributed by atoms with van der Waals surface area (Å²) in [5.41, 5.74) is 11.0. The van der Waals surface area contributed by atoms with Gasteiger partial charge in [-0.3, -0.25) is 15.3 Å². The van der Waals surface area contributed by atoms with E-state index in [4.69, 9.17) is 23.1 Å². The number of piperazine rings is 1. The molecule has 0 radical (unpaired) electrons. The van der Waals surface area contributed by atoms with E-state index in [0.29, 0.717) is 11.3 Å². The van der Waals surface area contributed by atoms with E-state index in [1.54, 1.807) is 29.2 Å². The van der Waals surface area contributed by atoms with E-state index in [9.17, 15) is 24.6 Å². The molecule has 1 aromatic rings. The van der Waals surface area contributed by atoms with Gasteiger partial charge in [0.1, 0.15) is 19.1 Å². The first-order chi connectivity index (χ1) is 15.2. The Kier molecular flexibility index (Phi) is 5.68. The SMILES string of the molecule is NC(=O)C1(C(=O)O)C(Cl)=C(c2ccccc2)N2CC[N+](C(=O)O)(C(N)C3CCCC3)CC21. The number of quaternary nitrogens is 1. The largest absolute Gasteiger partial charge is 0.514 e. The summed E-state index contributed by atoms with van der Waals surface area (Å²) < 4.78 is -0.514. The summed E-state index contributed by atoms with van der Waals surface area (Å²) in [5.74, 6) is -2.59. The van der Waals surface area contributed by atoms with Gasteiger partial charge in [-0.05, 0) is 18.4 Å². The minimum Gasteiger partial charge on any atom is -0.480 e. The van der Waals surface area contributed by atoms with Gasteiger partial charge in [0.2, 0.25) is 11.3 Å². The number of fused-ring (bicyclic) bond motifs is 1. The fraction of sp³-hybridized carbons (Fsp3) is 0.500. The van der Waals surface area contributed by atoms with E-state index in [0.717, 1.165) is 25.7 Å². The van der Waals surface area contributed by atoms with Crippen LogP contribution in [0.15, 0.2) is 35.4 Å². The number of amides is 2. The number of nitrogens with zero attached hydrogens (tertiary/aromatic N) is 2. The number of hydrogen-bond donors (Lipinski definition) is 4. The Morgan fingerprint density at radius 1 is 1.16 bits per heavy atom. The van der Waals surface area contributed by atoms with Crippen LogP contribution in [0, 0.1) is 11.3 Å². The van der Waals surface area contributed by atoms with Crippen LogP contribution < -0.4 is 11.5 Å². The first-order valence-corrected chi connectivity index (χ1v) is 11.2. The highest BCUT2D eigenvalue weighted by molar-refractivity contribution is 6.38. The van der Waals surface area contributed by atoms with E-state index < -0.39 is 40.1 Å². The van der Waals surface area contributed by atoms with Crippen molar-refractivity contribution in [3.8, 4) is 0 Å². The zero-order chi connectivity index (χ0) is 23.3. The molecule has 32 heavy (non-hydrogen) atoms. The van der Waals surface area contributed by atoms with Crippen LogP contribution in [-0.2, 0) is 9.59 Å². The van der Waals surface area contributed by atoms with Crippen LogP contribution in [0.5, 0.6) is 0 Å². The van der Waals surface area contributed by atoms with Crippen LogP contribution in [0.25, 0.3) is 5.70 Å². The van der Waals surface area contributed by atoms with E-state index in [1.165, 1.54) is 0 Å². The Balaban J connectivity index is 1.85. The highest BCUT2D eigenvalue weighted by Gasteiger charge is 2.68. The fourth-order valence-corrected chi connectivity index (χ4v) is 6.33. The number of primary amides is 1. The topological polar surface area (TPSA) is 147 Å². The van der Waals surface area contributed by atoms with Gasteiger partial charge < -0.3 is 20.8 Å². The molecule has 10 heteroatoms. The van der Waals surface area contributed by atoms with Crippen molar-refractivity contribution >= 4 is 35.3 Å². The van der Waals surface area contributed by atoms with Gasteiger partial charge in [0.05, 0.1) is 17.3 Å². The lowest BCUT2D eigenvalue weighted by Crippen LogP contribution is -2.75. The van der Waals surface area contributed by atoms with Crippen molar-refractivity contribution in [2.24, 2.45) is 22.8 Å². The van der Waals surface area contributed by atoms with Crippen LogP contribution in [-0.4, -0.2) is 69.4 Å². The predicted molar refractivity (Wildman–Crippen MR) is 117 cm³/mol. The Bertz CT molecular complexity index is 964. The molecular formula is C22H28ClN4O5+. The predicted octanol–water partition coefficient (Wildman–Crippen LogP) is 1.82. The Labute approximate surface area is 190 Å². The molecule has 0 bridgehead atoms. The van der Waals surface area contributed by atoms with Crippen LogP contribution in [0.4, 0.5) is 4.79 Å². The molecule has 1 saturated carbocycles. The summed E-state index contributed by atoms with van der Waals surface area (Å²) in [4.78, 5) is 39.7. The Morgan fingerprint density at radius 2 is 1.78 bits per heavy atom. The highest BCUT2D eigenvalue weighted by atomic mass is 35.5. The van der Waals surface area contributed by atoms with Gasteiger partial charge in [-0.1, -0.05) is 54.8 Å². The number of benzene rings is 1. The zero-order valence-electron chi connectivity index (χ0n) is 17.6. The van der Waals surface area contributed by atoms with Gasteiger partial charge in [0.15, 0.2) is 6.17 Å². The molecule has 2 amide bonds. The molecule has 0 spiro atoms. The van der Waals surface area contributed by atoms with Gasteiger partial charge in [0.25, 0.3) is 0 Å². The average molecular weight is 464 g/mol. The van der Waals surface area contributed by atoms with E-state index in [1.807, 2.05) is 6.07 Å². The molecule has 1 aliphatic carbocycles. The summed E-state index contributed by atoms with van der Waals surface area (Å²) in [7, 11) is 0. The van der Waals surface area contributed by atoms with Crippen LogP contribution in [0.1, 0.15) is 31.2 Å². The maximum absolute atomic E-state index is 12.7. The molecule has 9 nitrogen and oxygen atoms in total. The van der Waals surface area contributed by atoms with E-state index in [2.05, 4.69) is 0 Å². The second-order valence-electron chi connectivity index (χ2n) is 8.97. The van der Waals surface area contributed by atoms with Crippen molar-refractivity contribution in [2.45, 2.75) is 37.9 Å². The van der Waals surface area contributed by atoms with Crippen LogP contribution in [0.3, 0.4) is 0 Å². The number of carboxylic acid groups (broad SMARTS) is 2. The summed E-state index contributed by atoms with van der Waals surface area (Å²) in [5, 5.41) is 20.3. The number of carboxylic acids is 1. The van der Waals surface area contributed by atoms with Crippen molar-refractivity contribution in [3.63, 3.8) is 0 Å². The summed E-state index contributed by atoms with van der Waals surface area (Å²) in [6.45, 7) is 0.160. The molecule has 3 aliphatic rings. The summed E-state index contributed by atoms with van der Waals surface area (Å²) >= 11 is 6.65. The smallest absolute Gasteiger partial charge is 0.480 e. The third-order valence-electron chi connectivity index (χ3n) is 7.56. The Morgan fingerprint density at radius 3 is 2.31 bits per heavy atom. The van der Waals surface area contributed by atoms with Gasteiger partial charge in [-0.25, -0.2) is 4.48 Å². The third-order valence-corrected chi connectivity index (χ3v) is 8.04. The number of aliphatic carboxylic acids is 1. The van der Waals surface area contributed by atoms with Crippen molar-refractivity contribution in [1.29, 1.82) is 0 Å². The first-order valence-electron chi connectivity index (χ1n) is 10.8. The fourth-order valence-electron chi connectivity index (χ4n) is 5.82. The minimum atomic E-state index is -2.26. The van der Waals surface area contributed by atoms with Gasteiger partial charge in [0, 0.05) is 5.92 Å². The third kappa shape index (κ3) is 3.02. The first kappa shape index (κ1) is 22.6. The van der Waals surface area contributed by atoms with E-state index in [-0.39, 0.29) is 30.6 Å². The quantitative estimate of drug-likeness (QED) is 0.384. The molecule has 172 valence electrons. The molecular weight excluding hydrogens is 436 g/mol.